The van der Waals surface area contributed by atoms with Gasteiger partial charge in [-0.3, -0.25) is 12.2 Å². The first-order valence-electron chi connectivity index (χ1n) is 18.4. The summed E-state index contributed by atoms with van der Waals surface area (Å²) in [6.45, 7) is 21.8. The van der Waals surface area contributed by atoms with Crippen LogP contribution in [0, 0.1) is 180 Å². The number of hydrogen-bond donors (Lipinski definition) is 0. The van der Waals surface area contributed by atoms with E-state index in [1.54, 1.807) is 0 Å². The summed E-state index contributed by atoms with van der Waals surface area (Å²) < 4.78 is 294. The van der Waals surface area contributed by atoms with Crippen molar-refractivity contribution in [1.82, 2.24) is 0 Å². The average Bonchev–Trinajstić information content (AvgIpc) is 3.54. The second-order valence-electron chi connectivity index (χ2n) is 16.1. The van der Waals surface area contributed by atoms with Crippen molar-refractivity contribution in [3.63, 3.8) is 0 Å². The average molecular weight is 1100 g/mol. The summed E-state index contributed by atoms with van der Waals surface area (Å²) in [5.74, 6) is -71.4. The minimum atomic E-state index is -7.22. The first kappa shape index (κ1) is 56.2. The Labute approximate surface area is 396 Å². The van der Waals surface area contributed by atoms with Crippen molar-refractivity contribution in [1.29, 1.82) is 0 Å². The first-order chi connectivity index (χ1) is 29.6. The molecule has 6 rings (SSSR count). The largest absolute Gasteiger partial charge is 3.00 e. The van der Waals surface area contributed by atoms with E-state index in [1.807, 2.05) is 0 Å². The Hall–Kier alpha value is -4.16. The van der Waals surface area contributed by atoms with Crippen molar-refractivity contribution < 1.29 is 128 Å². The second-order valence-corrected chi connectivity index (χ2v) is 16.1. The predicted molar refractivity (Wildman–Crippen MR) is 198 cm³/mol. The van der Waals surface area contributed by atoms with Crippen molar-refractivity contribution in [2.24, 2.45) is 10.8 Å². The van der Waals surface area contributed by atoms with Gasteiger partial charge in [-0.2, -0.15) is 22.3 Å². The van der Waals surface area contributed by atoms with Gasteiger partial charge in [0.1, 0.15) is 52.7 Å². The molecular formula is C44H30BF20Sm. The van der Waals surface area contributed by atoms with Gasteiger partial charge in [0, 0.05) is 0 Å². The van der Waals surface area contributed by atoms with Gasteiger partial charge in [-0.15, -0.1) is 35.7 Å². The van der Waals surface area contributed by atoms with E-state index in [2.05, 4.69) is 81.4 Å². The molecule has 1 radical (unpaired) electrons. The van der Waals surface area contributed by atoms with Gasteiger partial charge in [0.25, 0.3) is 0 Å². The van der Waals surface area contributed by atoms with E-state index in [0.717, 1.165) is 0 Å². The van der Waals surface area contributed by atoms with Crippen LogP contribution in [-0.2, 0) is 0 Å². The standard InChI is InChI=1S/C24BF20.2C10H15.Sm/c26-5-1(6(27)14(35)21(42)13(5)34)25(2-7(28)15(36)22(43)16(37)8(2)29,3-9(30)17(38)23(44)18(39)10(3)31)4-11(32)19(40)24(45)20(41)12(4)33;2*1-7-6-10(4,5)9(3)8(7)2;/h;2*1-5H3;/q3*-1;+3. The van der Waals surface area contributed by atoms with Crippen LogP contribution < -0.4 is 21.9 Å². The summed E-state index contributed by atoms with van der Waals surface area (Å²) in [7, 11) is 0. The van der Waals surface area contributed by atoms with Gasteiger partial charge in [-0.25, -0.2) is 99.0 Å². The summed E-state index contributed by atoms with van der Waals surface area (Å²) in [4.78, 5) is 0. The fraction of sp³-hybridized carbons (Fsp3) is 0.273. The van der Waals surface area contributed by atoms with Gasteiger partial charge >= 0.3 is 40.4 Å². The number of halogens is 20. The second kappa shape index (κ2) is 19.4. The summed E-state index contributed by atoms with van der Waals surface area (Å²) in [6, 6.07) is 0. The molecule has 2 aliphatic carbocycles. The summed E-state index contributed by atoms with van der Waals surface area (Å²) >= 11 is 0. The monoisotopic (exact) mass is 1100 g/mol. The van der Waals surface area contributed by atoms with Crippen LogP contribution in [0.4, 0.5) is 87.8 Å². The molecule has 0 saturated carbocycles. The van der Waals surface area contributed by atoms with Crippen LogP contribution >= 0.6 is 0 Å². The fourth-order valence-corrected chi connectivity index (χ4v) is 7.69. The smallest absolute Gasteiger partial charge is 0.263 e. The summed E-state index contributed by atoms with van der Waals surface area (Å²) in [5, 5.41) is 0. The molecule has 22 heteroatoms. The van der Waals surface area contributed by atoms with Crippen LogP contribution in [0.15, 0.2) is 33.4 Å². The maximum Gasteiger partial charge on any atom is 3.00 e. The van der Waals surface area contributed by atoms with Gasteiger partial charge in [-0.1, -0.05) is 66.2 Å². The maximum atomic E-state index is 15.4. The normalized spacial score (nSPS) is 15.3. The van der Waals surface area contributed by atoms with Crippen LogP contribution in [0.3, 0.4) is 0 Å². The maximum absolute atomic E-state index is 15.4. The molecule has 355 valence electrons. The van der Waals surface area contributed by atoms with Crippen LogP contribution in [0.5, 0.6) is 0 Å². The van der Waals surface area contributed by atoms with E-state index in [9.17, 15) is 52.7 Å². The van der Waals surface area contributed by atoms with Crippen molar-refractivity contribution >= 4 is 28.0 Å². The van der Waals surface area contributed by atoms with Gasteiger partial charge < -0.3 is 0 Å². The molecule has 0 nitrogen and oxygen atoms in total. The zero-order valence-corrected chi connectivity index (χ0v) is 38.2. The zero-order valence-electron chi connectivity index (χ0n) is 35.5. The van der Waals surface area contributed by atoms with Gasteiger partial charge in [0.2, 0.25) is 0 Å². The molecule has 4 aromatic rings. The molecule has 4 aromatic carbocycles. The molecule has 0 bridgehead atoms. The Morgan fingerprint density at radius 1 is 0.273 bits per heavy atom. The summed E-state index contributed by atoms with van der Waals surface area (Å²) in [5.41, 5.74) is -5.54. The van der Waals surface area contributed by atoms with Crippen molar-refractivity contribution in [3.8, 4) is 0 Å². The van der Waals surface area contributed by atoms with Crippen molar-refractivity contribution in [2.45, 2.75) is 69.2 Å². The molecule has 0 atom stereocenters. The molecule has 66 heavy (non-hydrogen) atoms. The summed E-state index contributed by atoms with van der Waals surface area (Å²) in [6.07, 6.45) is -0.347. The molecule has 0 N–H and O–H groups in total. The van der Waals surface area contributed by atoms with Crippen LogP contribution in [0.1, 0.15) is 69.2 Å². The molecule has 0 saturated heterocycles. The van der Waals surface area contributed by atoms with Crippen LogP contribution in [0.2, 0.25) is 0 Å². The van der Waals surface area contributed by atoms with E-state index in [0.29, 0.717) is 0 Å². The minimum Gasteiger partial charge on any atom is -0.263 e. The number of allylic oxidation sites excluding steroid dienone is 8. The van der Waals surface area contributed by atoms with E-state index in [-0.39, 0.29) is 51.2 Å². The SMILES string of the molecule is CC1=[C-]C(C)(C)C(C)=C1C.CC1=[C-]C(C)(C)C(C)=C1C.Fc1c(F)c(F)c([B-](c2c(F)c(F)c(F)c(F)c2F)(c2c(F)c(F)c(F)c(F)c2F)c2c(F)c(F)c(F)c(F)c2F)c(F)c1F.[Sm+3]. The fourth-order valence-electron chi connectivity index (χ4n) is 7.69. The molecule has 0 aliphatic heterocycles. The minimum absolute atomic E-state index is 0. The predicted octanol–water partition coefficient (Wildman–Crippen LogP) is 12.1. The Bertz CT molecular complexity index is 2390. The van der Waals surface area contributed by atoms with Gasteiger partial charge in [-0.05, 0) is 0 Å². The molecule has 0 heterocycles. The molecular weight excluding hydrogens is 1070 g/mol. The first-order valence-corrected chi connectivity index (χ1v) is 18.4. The quantitative estimate of drug-likeness (QED) is 0.0628. The van der Waals surface area contributed by atoms with Crippen molar-refractivity contribution in [3.05, 3.63) is 162 Å². The van der Waals surface area contributed by atoms with Crippen molar-refractivity contribution in [2.75, 3.05) is 0 Å². The zero-order chi connectivity index (χ0) is 50.2. The van der Waals surface area contributed by atoms with Crippen LogP contribution in [0.25, 0.3) is 0 Å². The van der Waals surface area contributed by atoms with E-state index in [4.69, 9.17) is 0 Å². The third-order valence-electron chi connectivity index (χ3n) is 11.8. The van der Waals surface area contributed by atoms with E-state index >= 15 is 35.1 Å². The van der Waals surface area contributed by atoms with Gasteiger partial charge in [0.05, 0.1) is 0 Å². The topological polar surface area (TPSA) is 0 Å². The number of benzene rings is 4. The molecule has 0 aromatic heterocycles. The number of rotatable bonds is 4. The number of hydrogen-bond acceptors (Lipinski definition) is 0. The van der Waals surface area contributed by atoms with E-state index in [1.165, 1.54) is 33.4 Å². The molecule has 0 spiro atoms. The molecule has 2 aliphatic rings. The Balaban J connectivity index is 0.000000449. The third-order valence-corrected chi connectivity index (χ3v) is 11.8. The third kappa shape index (κ3) is 8.75. The Morgan fingerprint density at radius 3 is 0.500 bits per heavy atom. The van der Waals surface area contributed by atoms with Crippen LogP contribution in [-0.4, -0.2) is 6.15 Å². The Kier molecular flexibility index (Phi) is 16.6. The van der Waals surface area contributed by atoms with E-state index < -0.39 is 144 Å². The Morgan fingerprint density at radius 2 is 0.409 bits per heavy atom. The molecule has 0 unspecified atom stereocenters. The van der Waals surface area contributed by atoms with Gasteiger partial charge in [0.15, 0.2) is 69.8 Å². The molecule has 0 fully saturated rings. The molecule has 0 amide bonds.